The molecule has 45 heavy (non-hydrogen) atoms. The quantitative estimate of drug-likeness (QED) is 0.166. The Labute approximate surface area is 263 Å². The van der Waals surface area contributed by atoms with Crippen LogP contribution in [0.2, 0.25) is 0 Å². The third-order valence-corrected chi connectivity index (χ3v) is 8.33. The lowest BCUT2D eigenvalue weighted by atomic mass is 9.93. The maximum absolute atomic E-state index is 12.0. The van der Waals surface area contributed by atoms with Crippen molar-refractivity contribution in [3.63, 3.8) is 0 Å². The van der Waals surface area contributed by atoms with Gasteiger partial charge in [-0.2, -0.15) is 19.6 Å². The Hall–Kier alpha value is -5.01. The SMILES string of the molecule is CC#CC(=O)Nc1ccc2c(-c3ccccc3CNc3nc(NC4CCC(OC)CC4)nc4c(C(C)C)cnn34)nccc2c1. The molecule has 0 saturated heterocycles. The van der Waals surface area contributed by atoms with Gasteiger partial charge in [-0.05, 0) is 73.6 Å². The molecule has 1 saturated carbocycles. The second-order valence-electron chi connectivity index (χ2n) is 11.6. The third kappa shape index (κ3) is 6.59. The van der Waals surface area contributed by atoms with Gasteiger partial charge in [-0.3, -0.25) is 9.78 Å². The fourth-order valence-electron chi connectivity index (χ4n) is 5.93. The lowest BCUT2D eigenvalue weighted by molar-refractivity contribution is -0.111. The van der Waals surface area contributed by atoms with Crippen molar-refractivity contribution >= 4 is 39.9 Å². The van der Waals surface area contributed by atoms with Crippen LogP contribution in [0.1, 0.15) is 63.5 Å². The number of fused-ring (bicyclic) bond motifs is 2. The summed E-state index contributed by atoms with van der Waals surface area (Å²) in [7, 11) is 1.79. The van der Waals surface area contributed by atoms with E-state index in [1.807, 2.05) is 42.6 Å². The van der Waals surface area contributed by atoms with Gasteiger partial charge in [0.1, 0.15) is 0 Å². The van der Waals surface area contributed by atoms with Gasteiger partial charge in [0, 0.05) is 48.1 Å². The minimum Gasteiger partial charge on any atom is -0.381 e. The number of methoxy groups -OCH3 is 1. The van der Waals surface area contributed by atoms with Crippen molar-refractivity contribution in [1.29, 1.82) is 0 Å². The van der Waals surface area contributed by atoms with Crippen molar-refractivity contribution in [2.45, 2.75) is 71.1 Å². The predicted octanol–water partition coefficient (Wildman–Crippen LogP) is 6.41. The predicted molar refractivity (Wildman–Crippen MR) is 178 cm³/mol. The van der Waals surface area contributed by atoms with Crippen LogP contribution >= 0.6 is 0 Å². The van der Waals surface area contributed by atoms with E-state index in [2.05, 4.69) is 58.9 Å². The van der Waals surface area contributed by atoms with Gasteiger partial charge in [0.05, 0.1) is 18.0 Å². The second kappa shape index (κ2) is 13.3. The Kier molecular flexibility index (Phi) is 8.89. The molecule has 0 bridgehead atoms. The molecule has 5 aromatic rings. The molecule has 10 heteroatoms. The van der Waals surface area contributed by atoms with Crippen LogP contribution in [0.15, 0.2) is 60.9 Å². The zero-order valence-corrected chi connectivity index (χ0v) is 26.1. The molecule has 10 nitrogen and oxygen atoms in total. The third-order valence-electron chi connectivity index (χ3n) is 8.33. The Morgan fingerprint density at radius 1 is 1.09 bits per heavy atom. The summed E-state index contributed by atoms with van der Waals surface area (Å²) in [6.45, 7) is 6.43. The van der Waals surface area contributed by atoms with Crippen molar-refractivity contribution in [2.75, 3.05) is 23.1 Å². The maximum atomic E-state index is 12.0. The first-order valence-electron chi connectivity index (χ1n) is 15.4. The van der Waals surface area contributed by atoms with Crippen molar-refractivity contribution in [3.8, 4) is 23.1 Å². The molecule has 0 aliphatic heterocycles. The van der Waals surface area contributed by atoms with E-state index in [0.29, 0.717) is 36.3 Å². The minimum absolute atomic E-state index is 0.266. The average Bonchev–Trinajstić information content (AvgIpc) is 3.48. The van der Waals surface area contributed by atoms with Crippen LogP contribution < -0.4 is 16.0 Å². The van der Waals surface area contributed by atoms with E-state index >= 15 is 0 Å². The molecule has 0 spiro atoms. The number of nitrogens with zero attached hydrogens (tertiary/aromatic N) is 5. The molecule has 0 radical (unpaired) electrons. The largest absolute Gasteiger partial charge is 0.381 e. The van der Waals surface area contributed by atoms with Gasteiger partial charge in [-0.15, -0.1) is 0 Å². The summed E-state index contributed by atoms with van der Waals surface area (Å²) < 4.78 is 7.35. The molecular weight excluding hydrogens is 564 g/mol. The molecule has 0 unspecified atom stereocenters. The minimum atomic E-state index is -0.337. The van der Waals surface area contributed by atoms with Crippen LogP contribution in [0.3, 0.4) is 0 Å². The number of nitrogens with one attached hydrogen (secondary N) is 3. The Balaban J connectivity index is 1.29. The number of anilines is 3. The standard InChI is InChI=1S/C35H38N8O2/c1-5-8-31(44)39-26-13-16-29-23(19-26)17-18-36-32(29)28-10-7-6-9-24(28)20-37-35-42-34(40-25-11-14-27(45-4)15-12-25)41-33-30(22(2)3)21-38-43(33)35/h6-7,9-10,13,16-19,21-22,25,27H,11-12,14-15,20H2,1-4H3,(H,39,44)(H2,37,40,41,42). The Morgan fingerprint density at radius 2 is 1.91 bits per heavy atom. The van der Waals surface area contributed by atoms with E-state index in [-0.39, 0.29) is 11.8 Å². The maximum Gasteiger partial charge on any atom is 0.300 e. The highest BCUT2D eigenvalue weighted by atomic mass is 16.5. The first-order valence-corrected chi connectivity index (χ1v) is 15.4. The zero-order chi connectivity index (χ0) is 31.3. The molecule has 1 aliphatic carbocycles. The number of carbonyl (C=O) groups is 1. The Bertz CT molecular complexity index is 1900. The first kappa shape index (κ1) is 30.0. The van der Waals surface area contributed by atoms with Gasteiger partial charge in [0.2, 0.25) is 11.9 Å². The van der Waals surface area contributed by atoms with Gasteiger partial charge < -0.3 is 20.7 Å². The van der Waals surface area contributed by atoms with E-state index in [9.17, 15) is 4.79 Å². The number of ether oxygens (including phenoxy) is 1. The van der Waals surface area contributed by atoms with Crippen LogP contribution in [-0.2, 0) is 16.1 Å². The van der Waals surface area contributed by atoms with Gasteiger partial charge >= 0.3 is 0 Å². The number of hydrogen-bond donors (Lipinski definition) is 3. The molecule has 3 heterocycles. The number of pyridine rings is 1. The van der Waals surface area contributed by atoms with Crippen LogP contribution in [0, 0.1) is 11.8 Å². The zero-order valence-electron chi connectivity index (χ0n) is 26.1. The number of benzene rings is 2. The lowest BCUT2D eigenvalue weighted by Gasteiger charge is -2.28. The summed E-state index contributed by atoms with van der Waals surface area (Å²) in [4.78, 5) is 26.6. The van der Waals surface area contributed by atoms with Crippen LogP contribution in [-0.4, -0.2) is 49.7 Å². The first-order chi connectivity index (χ1) is 21.9. The van der Waals surface area contributed by atoms with E-state index in [4.69, 9.17) is 19.7 Å². The highest BCUT2D eigenvalue weighted by Crippen LogP contribution is 2.32. The molecule has 1 aliphatic rings. The highest BCUT2D eigenvalue weighted by molar-refractivity contribution is 6.05. The Morgan fingerprint density at radius 3 is 2.69 bits per heavy atom. The van der Waals surface area contributed by atoms with Gasteiger partial charge in [-0.25, -0.2) is 0 Å². The number of rotatable bonds is 9. The molecule has 2 aromatic carbocycles. The van der Waals surface area contributed by atoms with Crippen molar-refractivity contribution in [2.24, 2.45) is 0 Å². The van der Waals surface area contributed by atoms with Gasteiger partial charge in [0.15, 0.2) is 5.65 Å². The lowest BCUT2D eigenvalue weighted by Crippen LogP contribution is -2.30. The second-order valence-corrected chi connectivity index (χ2v) is 11.6. The summed E-state index contributed by atoms with van der Waals surface area (Å²) in [5, 5.41) is 16.6. The average molecular weight is 603 g/mol. The van der Waals surface area contributed by atoms with E-state index in [1.54, 1.807) is 24.7 Å². The van der Waals surface area contributed by atoms with Crippen LogP contribution in [0.4, 0.5) is 17.6 Å². The monoisotopic (exact) mass is 602 g/mol. The molecule has 0 atom stereocenters. The summed E-state index contributed by atoms with van der Waals surface area (Å²) in [6, 6.07) is 16.3. The van der Waals surface area contributed by atoms with E-state index in [1.165, 1.54) is 0 Å². The molecular formula is C35H38N8O2. The summed E-state index contributed by atoms with van der Waals surface area (Å²) >= 11 is 0. The molecule has 3 N–H and O–H groups in total. The van der Waals surface area contributed by atoms with Crippen LogP contribution in [0.25, 0.3) is 27.7 Å². The van der Waals surface area contributed by atoms with Crippen molar-refractivity contribution in [3.05, 3.63) is 72.1 Å². The molecule has 3 aromatic heterocycles. The smallest absolute Gasteiger partial charge is 0.300 e. The normalized spacial score (nSPS) is 16.4. The molecule has 1 fully saturated rings. The van der Waals surface area contributed by atoms with E-state index < -0.39 is 0 Å². The van der Waals surface area contributed by atoms with Gasteiger partial charge in [-0.1, -0.05) is 50.1 Å². The molecule has 1 amide bonds. The molecule has 6 rings (SSSR count). The highest BCUT2D eigenvalue weighted by Gasteiger charge is 2.23. The summed E-state index contributed by atoms with van der Waals surface area (Å²) in [6.07, 6.45) is 8.07. The number of hydrogen-bond acceptors (Lipinski definition) is 8. The molecule has 230 valence electrons. The van der Waals surface area contributed by atoms with Gasteiger partial charge in [0.25, 0.3) is 5.91 Å². The number of aromatic nitrogens is 5. The van der Waals surface area contributed by atoms with E-state index in [0.717, 1.165) is 64.5 Å². The van der Waals surface area contributed by atoms with Crippen LogP contribution in [0.5, 0.6) is 0 Å². The van der Waals surface area contributed by atoms with Crippen molar-refractivity contribution < 1.29 is 9.53 Å². The fourth-order valence-corrected chi connectivity index (χ4v) is 5.93. The number of carbonyl (C=O) groups excluding carboxylic acids is 1. The summed E-state index contributed by atoms with van der Waals surface area (Å²) in [5.74, 6) is 6.30. The van der Waals surface area contributed by atoms with Crippen molar-refractivity contribution in [1.82, 2.24) is 24.6 Å². The fraction of sp³-hybridized carbons (Fsp3) is 0.343. The topological polar surface area (TPSA) is 118 Å². The summed E-state index contributed by atoms with van der Waals surface area (Å²) in [5.41, 5.74) is 5.48. The number of amides is 1.